The number of aromatic nitrogens is 2. The molecule has 12 rings (SSSR count). The summed E-state index contributed by atoms with van der Waals surface area (Å²) in [5.74, 6) is 0. The molecule has 0 bridgehead atoms. The number of hydrogen-bond acceptors (Lipinski definition) is 2. The summed E-state index contributed by atoms with van der Waals surface area (Å²) in [4.78, 5) is 3.92. The lowest BCUT2D eigenvalue weighted by Gasteiger charge is -2.34. The maximum absolute atomic E-state index is 11.3. The summed E-state index contributed by atoms with van der Waals surface area (Å²) in [6.45, 7) is 8.18. The van der Waals surface area contributed by atoms with Crippen LogP contribution < -0.4 is 4.48 Å². The highest BCUT2D eigenvalue weighted by Crippen LogP contribution is 2.63. The van der Waals surface area contributed by atoms with Crippen molar-refractivity contribution in [3.63, 3.8) is 0 Å². The molecule has 1 aliphatic rings. The maximum Gasteiger partial charge on any atom is 0.188 e. The van der Waals surface area contributed by atoms with Crippen LogP contribution in [0.1, 0.15) is 11.1 Å². The van der Waals surface area contributed by atoms with Crippen LogP contribution in [0, 0.1) is 29.2 Å². The smallest absolute Gasteiger partial charge is 0.188 e. The molecule has 2 aromatic heterocycles. The maximum atomic E-state index is 11.3. The van der Waals surface area contributed by atoms with Gasteiger partial charge in [-0.05, 0) is 54.1 Å². The highest BCUT2D eigenvalue weighted by Gasteiger charge is 2.48. The van der Waals surface area contributed by atoms with Gasteiger partial charge in [-0.15, -0.1) is 0 Å². The second-order valence-corrected chi connectivity index (χ2v) is 15.9. The Bertz CT molecular complexity index is 3740. The highest BCUT2D eigenvalue weighted by atomic mass is 15.4. The van der Waals surface area contributed by atoms with E-state index in [9.17, 15) is 10.5 Å². The quantitative estimate of drug-likeness (QED) is 0.129. The number of benzene rings is 9. The van der Waals surface area contributed by atoms with Crippen molar-refractivity contribution >= 4 is 72.0 Å². The third-order valence-corrected chi connectivity index (χ3v) is 12.8. The van der Waals surface area contributed by atoms with E-state index in [2.05, 4.69) is 178 Å². The Hall–Kier alpha value is -8.99. The second-order valence-electron chi connectivity index (χ2n) is 15.9. The number of quaternary nitrogens is 1. The highest BCUT2D eigenvalue weighted by molar-refractivity contribution is 6.16. The standard InChI is InChI=1S/C57H33N6/c1-60-38-29-31-53(61-50-24-12-8-20-41(50)42-21-9-13-25-51(42)61)46(32-38)45-30-28-37(35-58)49(36-59)57(45)62-52-26-14-10-22-43(52)47-33-48-44-23-11-15-27-55(44)63(56(48)34-54(47)62,39-16-4-2-5-17-39)40-18-6-3-7-19-40/h2-34H/q+1. The van der Waals surface area contributed by atoms with Gasteiger partial charge < -0.3 is 9.13 Å². The minimum absolute atomic E-state index is 0.259. The Morgan fingerprint density at radius 2 is 1.00 bits per heavy atom. The van der Waals surface area contributed by atoms with Crippen LogP contribution in [-0.2, 0) is 0 Å². The fourth-order valence-electron chi connectivity index (χ4n) is 10.3. The van der Waals surface area contributed by atoms with E-state index in [0.29, 0.717) is 15.9 Å². The van der Waals surface area contributed by atoms with Crippen LogP contribution in [0.3, 0.4) is 0 Å². The average Bonchev–Trinajstić information content (AvgIpc) is 3.97. The SMILES string of the molecule is [C-]#[N+]c1ccc(-n2c3ccccc3c3ccccc32)c(-c2ccc(C#N)c(C#N)c2-n2c3ccccc3c3cc4c(cc32)[N+](c2ccccc2)(c2ccccc2)c2ccccc2-4)c1. The fourth-order valence-corrected chi connectivity index (χ4v) is 10.3. The molecule has 11 aromatic rings. The first kappa shape index (κ1) is 35.9. The first-order valence-corrected chi connectivity index (χ1v) is 20.8. The molecule has 63 heavy (non-hydrogen) atoms. The van der Waals surface area contributed by atoms with E-state index in [0.717, 1.165) is 94.3 Å². The Morgan fingerprint density at radius 3 is 1.62 bits per heavy atom. The van der Waals surface area contributed by atoms with Gasteiger partial charge in [0.05, 0.1) is 62.3 Å². The molecule has 0 unspecified atom stereocenters. The zero-order valence-electron chi connectivity index (χ0n) is 33.7. The lowest BCUT2D eigenvalue weighted by molar-refractivity contribution is 0.721. The summed E-state index contributed by atoms with van der Waals surface area (Å²) in [6.07, 6.45) is 0. The van der Waals surface area contributed by atoms with Gasteiger partial charge in [-0.3, -0.25) is 0 Å². The van der Waals surface area contributed by atoms with E-state index in [4.69, 9.17) is 6.57 Å². The number of para-hydroxylation sites is 6. The Morgan fingerprint density at radius 1 is 0.429 bits per heavy atom. The molecule has 6 nitrogen and oxygen atoms in total. The van der Waals surface area contributed by atoms with E-state index >= 15 is 0 Å². The average molecular weight is 802 g/mol. The van der Waals surface area contributed by atoms with E-state index in [1.54, 1.807) is 6.07 Å². The van der Waals surface area contributed by atoms with Gasteiger partial charge in [0.25, 0.3) is 0 Å². The largest absolute Gasteiger partial charge is 0.309 e. The molecule has 0 saturated carbocycles. The molecule has 1 aliphatic heterocycles. The number of hydrogen-bond donors (Lipinski definition) is 0. The summed E-state index contributed by atoms with van der Waals surface area (Å²) in [5, 5.41) is 26.2. The van der Waals surface area contributed by atoms with Gasteiger partial charge >= 0.3 is 0 Å². The number of rotatable bonds is 5. The lowest BCUT2D eigenvalue weighted by Crippen LogP contribution is -2.31. The molecule has 0 saturated heterocycles. The van der Waals surface area contributed by atoms with Crippen molar-refractivity contribution in [2.45, 2.75) is 0 Å². The summed E-state index contributed by atoms with van der Waals surface area (Å²) >= 11 is 0. The Balaban J connectivity index is 1.24. The summed E-state index contributed by atoms with van der Waals surface area (Å²) < 4.78 is 4.79. The van der Waals surface area contributed by atoms with Crippen molar-refractivity contribution in [1.29, 1.82) is 10.5 Å². The molecule has 0 atom stereocenters. The van der Waals surface area contributed by atoms with Gasteiger partial charge in [0, 0.05) is 63.5 Å². The predicted molar refractivity (Wildman–Crippen MR) is 255 cm³/mol. The molecule has 6 heteroatoms. The van der Waals surface area contributed by atoms with Crippen molar-refractivity contribution in [1.82, 2.24) is 13.6 Å². The predicted octanol–water partition coefficient (Wildman–Crippen LogP) is 15.1. The topological polar surface area (TPSA) is 61.8 Å². The molecule has 0 N–H and O–H groups in total. The molecule has 0 fully saturated rings. The van der Waals surface area contributed by atoms with Gasteiger partial charge in [0.1, 0.15) is 23.5 Å². The van der Waals surface area contributed by atoms with Crippen molar-refractivity contribution in [3.8, 4) is 45.8 Å². The van der Waals surface area contributed by atoms with Crippen LogP contribution in [0.25, 0.3) is 82.1 Å². The van der Waals surface area contributed by atoms with E-state index < -0.39 is 0 Å². The minimum Gasteiger partial charge on any atom is -0.309 e. The molecule has 0 spiro atoms. The van der Waals surface area contributed by atoms with Crippen LogP contribution in [0.5, 0.6) is 0 Å². The zero-order chi connectivity index (χ0) is 42.2. The summed E-state index contributed by atoms with van der Waals surface area (Å²) in [5.41, 5.74) is 14.4. The zero-order valence-corrected chi connectivity index (χ0v) is 33.7. The van der Waals surface area contributed by atoms with Gasteiger partial charge in [0.15, 0.2) is 17.1 Å². The Labute approximate surface area is 363 Å². The van der Waals surface area contributed by atoms with Crippen molar-refractivity contribution in [2.75, 3.05) is 0 Å². The molecule has 0 aliphatic carbocycles. The monoisotopic (exact) mass is 801 g/mol. The van der Waals surface area contributed by atoms with Gasteiger partial charge in [-0.1, -0.05) is 115 Å². The summed E-state index contributed by atoms with van der Waals surface area (Å²) in [6, 6.07) is 74.0. The molecule has 0 radical (unpaired) electrons. The number of nitrogens with zero attached hydrogens (tertiary/aromatic N) is 6. The normalized spacial score (nSPS) is 12.5. The third kappa shape index (κ3) is 4.95. The third-order valence-electron chi connectivity index (χ3n) is 12.8. The number of nitriles is 2. The van der Waals surface area contributed by atoms with E-state index in [-0.39, 0.29) is 11.1 Å². The molecule has 290 valence electrons. The van der Waals surface area contributed by atoms with Crippen LogP contribution in [0.15, 0.2) is 200 Å². The van der Waals surface area contributed by atoms with Gasteiger partial charge in [-0.2, -0.15) is 15.0 Å². The molecule has 9 aromatic carbocycles. The van der Waals surface area contributed by atoms with Crippen molar-refractivity contribution in [3.05, 3.63) is 223 Å². The van der Waals surface area contributed by atoms with Crippen LogP contribution >= 0.6 is 0 Å². The van der Waals surface area contributed by atoms with Gasteiger partial charge in [0.2, 0.25) is 0 Å². The van der Waals surface area contributed by atoms with Crippen LogP contribution in [0.2, 0.25) is 0 Å². The first-order chi connectivity index (χ1) is 31.1. The second kappa shape index (κ2) is 13.8. The first-order valence-electron chi connectivity index (χ1n) is 20.8. The van der Waals surface area contributed by atoms with E-state index in [1.165, 1.54) is 0 Å². The Kier molecular flexibility index (Phi) is 7.85. The van der Waals surface area contributed by atoms with Crippen molar-refractivity contribution < 1.29 is 0 Å². The van der Waals surface area contributed by atoms with Crippen LogP contribution in [-0.4, -0.2) is 9.13 Å². The summed E-state index contributed by atoms with van der Waals surface area (Å²) in [7, 11) is 0. The lowest BCUT2D eigenvalue weighted by atomic mass is 9.94. The van der Waals surface area contributed by atoms with E-state index in [1.807, 2.05) is 42.5 Å². The number of fused-ring (bicyclic) bond motifs is 9. The molecular weight excluding hydrogens is 769 g/mol. The minimum atomic E-state index is 0.259. The molecule has 3 heterocycles. The van der Waals surface area contributed by atoms with Crippen molar-refractivity contribution in [2.24, 2.45) is 0 Å². The van der Waals surface area contributed by atoms with Gasteiger partial charge in [-0.25, -0.2) is 4.85 Å². The molecular formula is C57H33N6+. The van der Waals surface area contributed by atoms with Crippen LogP contribution in [0.4, 0.5) is 28.4 Å². The molecule has 0 amide bonds. The fraction of sp³-hybridized carbons (Fsp3) is 0.